The third kappa shape index (κ3) is 4.39. The Bertz CT molecular complexity index is 567. The van der Waals surface area contributed by atoms with E-state index in [-0.39, 0.29) is 18.3 Å². The zero-order chi connectivity index (χ0) is 15.2. The molecule has 0 aliphatic heterocycles. The van der Waals surface area contributed by atoms with Gasteiger partial charge in [0, 0.05) is 18.8 Å². The fourth-order valence-electron chi connectivity index (χ4n) is 2.41. The lowest BCUT2D eigenvalue weighted by atomic mass is 9.95. The molecule has 0 spiro atoms. The zero-order valence-electron chi connectivity index (χ0n) is 12.7. The van der Waals surface area contributed by atoms with Crippen LogP contribution in [0.4, 0.5) is 4.39 Å². The second-order valence-corrected chi connectivity index (χ2v) is 5.63. The summed E-state index contributed by atoms with van der Waals surface area (Å²) in [7, 11) is 0. The van der Waals surface area contributed by atoms with Crippen LogP contribution in [0.1, 0.15) is 37.6 Å². The molecule has 1 heterocycles. The van der Waals surface area contributed by atoms with Gasteiger partial charge in [0.05, 0.1) is 5.69 Å². The molecule has 0 bridgehead atoms. The molecule has 0 amide bonds. The van der Waals surface area contributed by atoms with Crippen LogP contribution in [-0.2, 0) is 12.8 Å². The third-order valence-corrected chi connectivity index (χ3v) is 3.88. The van der Waals surface area contributed by atoms with E-state index in [4.69, 9.17) is 0 Å². The highest BCUT2D eigenvalue weighted by atomic mass is 19.1. The van der Waals surface area contributed by atoms with Gasteiger partial charge in [0.25, 0.3) is 0 Å². The van der Waals surface area contributed by atoms with Crippen molar-refractivity contribution in [2.24, 2.45) is 5.92 Å². The Morgan fingerprint density at radius 3 is 2.76 bits per heavy atom. The molecule has 4 heteroatoms. The van der Waals surface area contributed by atoms with Crippen LogP contribution in [0.3, 0.4) is 0 Å². The summed E-state index contributed by atoms with van der Waals surface area (Å²) in [5.74, 6) is -0.169. The summed E-state index contributed by atoms with van der Waals surface area (Å²) in [4.78, 5) is 0. The Kier molecular flexibility index (Phi) is 5.51. The standard InChI is InChI=1S/C17H23FN2O/c1-3-13(2)20-8-7-17(19-20)11-15(12-21)9-14-5-4-6-16(18)10-14/h4-8,10,13,15,21H,3,9,11-12H2,1-2H3. The van der Waals surface area contributed by atoms with Crippen LogP contribution in [0.5, 0.6) is 0 Å². The molecule has 0 saturated carbocycles. The van der Waals surface area contributed by atoms with Crippen molar-refractivity contribution in [3.05, 3.63) is 53.6 Å². The average molecular weight is 290 g/mol. The summed E-state index contributed by atoms with van der Waals surface area (Å²) < 4.78 is 15.2. The summed E-state index contributed by atoms with van der Waals surface area (Å²) in [6.07, 6.45) is 4.38. The molecule has 0 radical (unpaired) electrons. The first kappa shape index (κ1) is 15.7. The van der Waals surface area contributed by atoms with Crippen molar-refractivity contribution in [1.29, 1.82) is 0 Å². The van der Waals surface area contributed by atoms with Gasteiger partial charge in [-0.15, -0.1) is 0 Å². The van der Waals surface area contributed by atoms with Crippen molar-refractivity contribution < 1.29 is 9.50 Å². The Balaban J connectivity index is 2.00. The number of halogens is 1. The number of benzene rings is 1. The molecule has 21 heavy (non-hydrogen) atoms. The molecule has 1 N–H and O–H groups in total. The summed E-state index contributed by atoms with van der Waals surface area (Å²) in [6, 6.07) is 8.95. The second kappa shape index (κ2) is 7.36. The minimum atomic E-state index is -0.231. The maximum Gasteiger partial charge on any atom is 0.123 e. The number of aliphatic hydroxyl groups is 1. The van der Waals surface area contributed by atoms with Gasteiger partial charge in [0.15, 0.2) is 0 Å². The van der Waals surface area contributed by atoms with Crippen molar-refractivity contribution in [2.75, 3.05) is 6.61 Å². The molecule has 114 valence electrons. The number of aliphatic hydroxyl groups excluding tert-OH is 1. The van der Waals surface area contributed by atoms with Crippen LogP contribution in [-0.4, -0.2) is 21.5 Å². The Labute approximate surface area is 125 Å². The van der Waals surface area contributed by atoms with E-state index in [0.717, 1.165) is 17.7 Å². The molecule has 0 aliphatic rings. The lowest BCUT2D eigenvalue weighted by molar-refractivity contribution is 0.223. The van der Waals surface area contributed by atoms with Crippen molar-refractivity contribution in [3.8, 4) is 0 Å². The van der Waals surface area contributed by atoms with E-state index >= 15 is 0 Å². The van der Waals surface area contributed by atoms with Gasteiger partial charge in [-0.1, -0.05) is 19.1 Å². The van der Waals surface area contributed by atoms with Gasteiger partial charge in [-0.25, -0.2) is 4.39 Å². The fourth-order valence-corrected chi connectivity index (χ4v) is 2.41. The van der Waals surface area contributed by atoms with Crippen LogP contribution in [0, 0.1) is 11.7 Å². The molecule has 2 aromatic rings. The van der Waals surface area contributed by atoms with Crippen LogP contribution < -0.4 is 0 Å². The largest absolute Gasteiger partial charge is 0.396 e. The van der Waals surface area contributed by atoms with E-state index < -0.39 is 0 Å². The van der Waals surface area contributed by atoms with Crippen molar-refractivity contribution in [3.63, 3.8) is 0 Å². The molecular weight excluding hydrogens is 267 g/mol. The van der Waals surface area contributed by atoms with E-state index in [0.29, 0.717) is 18.9 Å². The van der Waals surface area contributed by atoms with Gasteiger partial charge >= 0.3 is 0 Å². The summed E-state index contributed by atoms with van der Waals surface area (Å²) in [6.45, 7) is 4.34. The third-order valence-electron chi connectivity index (χ3n) is 3.88. The molecule has 0 aliphatic carbocycles. The van der Waals surface area contributed by atoms with Gasteiger partial charge in [-0.2, -0.15) is 5.10 Å². The zero-order valence-corrected chi connectivity index (χ0v) is 12.7. The number of nitrogens with zero attached hydrogens (tertiary/aromatic N) is 2. The molecular formula is C17H23FN2O. The molecule has 2 rings (SSSR count). The van der Waals surface area contributed by atoms with E-state index in [1.165, 1.54) is 12.1 Å². The van der Waals surface area contributed by atoms with Gasteiger partial charge in [0.2, 0.25) is 0 Å². The quantitative estimate of drug-likeness (QED) is 0.849. The Hall–Kier alpha value is -1.68. The predicted molar refractivity (Wildman–Crippen MR) is 81.6 cm³/mol. The molecule has 0 saturated heterocycles. The highest BCUT2D eigenvalue weighted by molar-refractivity contribution is 5.17. The molecule has 2 atom stereocenters. The van der Waals surface area contributed by atoms with Crippen LogP contribution in [0.25, 0.3) is 0 Å². The number of hydrogen-bond donors (Lipinski definition) is 1. The summed E-state index contributed by atoms with van der Waals surface area (Å²) >= 11 is 0. The smallest absolute Gasteiger partial charge is 0.123 e. The Morgan fingerprint density at radius 2 is 2.10 bits per heavy atom. The predicted octanol–water partition coefficient (Wildman–Crippen LogP) is 3.39. The molecule has 0 fully saturated rings. The van der Waals surface area contributed by atoms with Gasteiger partial charge in [-0.05, 0) is 55.9 Å². The first-order valence-electron chi connectivity index (χ1n) is 7.51. The molecule has 2 unspecified atom stereocenters. The van der Waals surface area contributed by atoms with Gasteiger partial charge in [0.1, 0.15) is 5.82 Å². The first-order valence-corrected chi connectivity index (χ1v) is 7.51. The van der Waals surface area contributed by atoms with E-state index in [1.54, 1.807) is 6.07 Å². The normalized spacial score (nSPS) is 14.1. The van der Waals surface area contributed by atoms with Crippen LogP contribution >= 0.6 is 0 Å². The first-order chi connectivity index (χ1) is 10.1. The fraction of sp³-hybridized carbons (Fsp3) is 0.471. The molecule has 1 aromatic heterocycles. The van der Waals surface area contributed by atoms with Gasteiger partial charge < -0.3 is 5.11 Å². The summed E-state index contributed by atoms with van der Waals surface area (Å²) in [5.41, 5.74) is 1.89. The summed E-state index contributed by atoms with van der Waals surface area (Å²) in [5, 5.41) is 14.1. The maximum absolute atomic E-state index is 13.2. The maximum atomic E-state index is 13.2. The molecule has 1 aromatic carbocycles. The number of hydrogen-bond acceptors (Lipinski definition) is 2. The van der Waals surface area contributed by atoms with Crippen molar-refractivity contribution >= 4 is 0 Å². The number of rotatable bonds is 7. The topological polar surface area (TPSA) is 38.0 Å². The highest BCUT2D eigenvalue weighted by Gasteiger charge is 2.13. The van der Waals surface area contributed by atoms with Crippen molar-refractivity contribution in [1.82, 2.24) is 9.78 Å². The average Bonchev–Trinajstić information content (AvgIpc) is 2.94. The van der Waals surface area contributed by atoms with Gasteiger partial charge in [-0.3, -0.25) is 4.68 Å². The monoisotopic (exact) mass is 290 g/mol. The second-order valence-electron chi connectivity index (χ2n) is 5.63. The van der Waals surface area contributed by atoms with Crippen LogP contribution in [0.15, 0.2) is 36.5 Å². The lowest BCUT2D eigenvalue weighted by Crippen LogP contribution is -2.14. The van der Waals surface area contributed by atoms with E-state index in [9.17, 15) is 9.50 Å². The Morgan fingerprint density at radius 1 is 1.29 bits per heavy atom. The van der Waals surface area contributed by atoms with E-state index in [1.807, 2.05) is 23.0 Å². The molecule has 3 nitrogen and oxygen atoms in total. The number of aromatic nitrogens is 2. The highest BCUT2D eigenvalue weighted by Crippen LogP contribution is 2.16. The SMILES string of the molecule is CCC(C)n1ccc(CC(CO)Cc2cccc(F)c2)n1. The van der Waals surface area contributed by atoms with Crippen LogP contribution in [0.2, 0.25) is 0 Å². The lowest BCUT2D eigenvalue weighted by Gasteiger charge is -2.13. The van der Waals surface area contributed by atoms with E-state index in [2.05, 4.69) is 18.9 Å². The minimum absolute atomic E-state index is 0.0621. The minimum Gasteiger partial charge on any atom is -0.396 e. The van der Waals surface area contributed by atoms with Crippen molar-refractivity contribution in [2.45, 2.75) is 39.2 Å².